The molecule has 3 aromatic rings. The van der Waals surface area contributed by atoms with Crippen LogP contribution in [0.2, 0.25) is 0 Å². The van der Waals surface area contributed by atoms with Gasteiger partial charge in [-0.05, 0) is 62.4 Å². The standard InChI is InChI=1S/C27H25F3N4O2/c1-16-22-23(17-10-11-17)33(26(36)24(22)34(31-16)20-8-3-2-4-9-20)21-12-13-32(15-21)25(35)18-6-5-7-19(14-18)27(28,29)30/h2-9,14,17,21,23H,10-13,15H2,1H3. The second-order valence-corrected chi connectivity index (χ2v) is 9.86. The fourth-order valence-corrected chi connectivity index (χ4v) is 5.68. The van der Waals surface area contributed by atoms with E-state index in [1.54, 1.807) is 9.58 Å². The average molecular weight is 495 g/mol. The van der Waals surface area contributed by atoms with E-state index in [0.29, 0.717) is 31.1 Å². The van der Waals surface area contributed by atoms with Crippen LogP contribution in [0.3, 0.4) is 0 Å². The molecule has 3 heterocycles. The van der Waals surface area contributed by atoms with E-state index < -0.39 is 17.6 Å². The second kappa shape index (κ2) is 8.21. The molecule has 2 atom stereocenters. The first kappa shape index (κ1) is 22.8. The van der Waals surface area contributed by atoms with Gasteiger partial charge in [0, 0.05) is 24.2 Å². The van der Waals surface area contributed by atoms with Crippen molar-refractivity contribution in [1.82, 2.24) is 19.6 Å². The summed E-state index contributed by atoms with van der Waals surface area (Å²) in [5.41, 5.74) is 2.36. The number of likely N-dealkylation sites (tertiary alicyclic amines) is 1. The molecule has 2 aromatic carbocycles. The van der Waals surface area contributed by atoms with Gasteiger partial charge in [0.1, 0.15) is 5.69 Å². The van der Waals surface area contributed by atoms with Crippen LogP contribution < -0.4 is 0 Å². The number of hydrogen-bond acceptors (Lipinski definition) is 3. The van der Waals surface area contributed by atoms with Crippen LogP contribution in [0.4, 0.5) is 13.2 Å². The Labute approximate surface area is 206 Å². The van der Waals surface area contributed by atoms with E-state index in [9.17, 15) is 22.8 Å². The number of carbonyl (C=O) groups is 2. The number of carbonyl (C=O) groups excluding carboxylic acids is 2. The molecule has 0 radical (unpaired) electrons. The van der Waals surface area contributed by atoms with Gasteiger partial charge in [-0.25, -0.2) is 4.68 Å². The Morgan fingerprint density at radius 2 is 1.78 bits per heavy atom. The van der Waals surface area contributed by atoms with Crippen LogP contribution in [0.25, 0.3) is 5.69 Å². The Hall–Kier alpha value is -3.62. The van der Waals surface area contributed by atoms with Crippen molar-refractivity contribution in [3.8, 4) is 5.69 Å². The van der Waals surface area contributed by atoms with E-state index in [-0.39, 0.29) is 23.6 Å². The third-order valence-corrected chi connectivity index (χ3v) is 7.49. The smallest absolute Gasteiger partial charge is 0.337 e. The lowest BCUT2D eigenvalue weighted by atomic mass is 10.0. The predicted octanol–water partition coefficient (Wildman–Crippen LogP) is 5.02. The number of benzene rings is 2. The fourth-order valence-electron chi connectivity index (χ4n) is 5.68. The predicted molar refractivity (Wildman–Crippen MR) is 126 cm³/mol. The molecule has 3 aliphatic rings. The summed E-state index contributed by atoms with van der Waals surface area (Å²) in [6, 6.07) is 13.8. The molecule has 0 spiro atoms. The van der Waals surface area contributed by atoms with Crippen molar-refractivity contribution in [1.29, 1.82) is 0 Å². The molecule has 186 valence electrons. The molecular formula is C27H25F3N4O2. The molecule has 6 rings (SSSR count). The number of aromatic nitrogens is 2. The molecule has 1 aliphatic carbocycles. The van der Waals surface area contributed by atoms with E-state index in [1.165, 1.54) is 12.1 Å². The lowest BCUT2D eigenvalue weighted by molar-refractivity contribution is -0.137. The Kier molecular flexibility index (Phi) is 5.21. The summed E-state index contributed by atoms with van der Waals surface area (Å²) in [7, 11) is 0. The largest absolute Gasteiger partial charge is 0.416 e. The van der Waals surface area contributed by atoms with Crippen LogP contribution in [-0.2, 0) is 6.18 Å². The molecule has 36 heavy (non-hydrogen) atoms. The highest BCUT2D eigenvalue weighted by molar-refractivity contribution is 5.99. The lowest BCUT2D eigenvalue weighted by Gasteiger charge is -2.31. The van der Waals surface area contributed by atoms with Gasteiger partial charge < -0.3 is 9.80 Å². The molecule has 9 heteroatoms. The third-order valence-electron chi connectivity index (χ3n) is 7.49. The molecule has 0 N–H and O–H groups in total. The Bertz CT molecular complexity index is 1350. The average Bonchev–Trinajstić information content (AvgIpc) is 3.37. The van der Waals surface area contributed by atoms with Crippen LogP contribution in [0.15, 0.2) is 54.6 Å². The number of amides is 2. The maximum Gasteiger partial charge on any atom is 0.416 e. The molecule has 6 nitrogen and oxygen atoms in total. The number of alkyl halides is 3. The van der Waals surface area contributed by atoms with E-state index in [1.807, 2.05) is 42.2 Å². The summed E-state index contributed by atoms with van der Waals surface area (Å²) in [4.78, 5) is 30.5. The van der Waals surface area contributed by atoms with Crippen molar-refractivity contribution < 1.29 is 22.8 Å². The maximum absolute atomic E-state index is 13.9. The van der Waals surface area contributed by atoms with Gasteiger partial charge in [-0.1, -0.05) is 24.3 Å². The van der Waals surface area contributed by atoms with E-state index >= 15 is 0 Å². The number of para-hydroxylation sites is 1. The minimum absolute atomic E-state index is 0.0100. The number of halogens is 3. The zero-order valence-electron chi connectivity index (χ0n) is 19.7. The van der Waals surface area contributed by atoms with Crippen LogP contribution in [0, 0.1) is 12.8 Å². The molecule has 2 amide bonds. The molecule has 2 unspecified atom stereocenters. The Balaban J connectivity index is 1.28. The van der Waals surface area contributed by atoms with Gasteiger partial charge in [-0.3, -0.25) is 9.59 Å². The minimum atomic E-state index is -4.51. The molecule has 1 saturated heterocycles. The normalized spacial score (nSPS) is 21.8. The quantitative estimate of drug-likeness (QED) is 0.512. The summed E-state index contributed by atoms with van der Waals surface area (Å²) in [6.45, 7) is 2.62. The van der Waals surface area contributed by atoms with E-state index in [2.05, 4.69) is 0 Å². The van der Waals surface area contributed by atoms with Crippen LogP contribution in [-0.4, -0.2) is 50.5 Å². The molecule has 1 saturated carbocycles. The van der Waals surface area contributed by atoms with Crippen molar-refractivity contribution in [2.75, 3.05) is 13.1 Å². The van der Waals surface area contributed by atoms with Gasteiger partial charge in [-0.15, -0.1) is 0 Å². The zero-order valence-corrected chi connectivity index (χ0v) is 19.7. The van der Waals surface area contributed by atoms with Crippen molar-refractivity contribution in [3.63, 3.8) is 0 Å². The van der Waals surface area contributed by atoms with Gasteiger partial charge in [0.05, 0.1) is 29.0 Å². The van der Waals surface area contributed by atoms with Gasteiger partial charge in [0.25, 0.3) is 11.8 Å². The minimum Gasteiger partial charge on any atom is -0.337 e. The summed E-state index contributed by atoms with van der Waals surface area (Å²) >= 11 is 0. The molecule has 2 aliphatic heterocycles. The summed E-state index contributed by atoms with van der Waals surface area (Å²) in [5.74, 6) is -0.178. The van der Waals surface area contributed by atoms with Crippen molar-refractivity contribution in [2.24, 2.45) is 5.92 Å². The van der Waals surface area contributed by atoms with Crippen LogP contribution in [0.1, 0.15) is 63.0 Å². The lowest BCUT2D eigenvalue weighted by Crippen LogP contribution is -2.42. The van der Waals surface area contributed by atoms with Gasteiger partial charge in [0.15, 0.2) is 0 Å². The molecular weight excluding hydrogens is 469 g/mol. The Morgan fingerprint density at radius 3 is 2.47 bits per heavy atom. The first-order valence-corrected chi connectivity index (χ1v) is 12.2. The van der Waals surface area contributed by atoms with Crippen LogP contribution >= 0.6 is 0 Å². The zero-order chi connectivity index (χ0) is 25.2. The first-order chi connectivity index (χ1) is 17.2. The second-order valence-electron chi connectivity index (χ2n) is 9.86. The van der Waals surface area contributed by atoms with Crippen LogP contribution in [0.5, 0.6) is 0 Å². The molecule has 2 fully saturated rings. The van der Waals surface area contributed by atoms with E-state index in [4.69, 9.17) is 5.10 Å². The number of fused-ring (bicyclic) bond motifs is 1. The number of hydrogen-bond donors (Lipinski definition) is 0. The van der Waals surface area contributed by atoms with Gasteiger partial charge in [-0.2, -0.15) is 18.3 Å². The highest BCUT2D eigenvalue weighted by atomic mass is 19.4. The third kappa shape index (κ3) is 3.68. The summed E-state index contributed by atoms with van der Waals surface area (Å²) in [5, 5.41) is 4.70. The monoisotopic (exact) mass is 494 g/mol. The summed E-state index contributed by atoms with van der Waals surface area (Å²) in [6.07, 6.45) is -1.87. The molecule has 1 aromatic heterocycles. The highest BCUT2D eigenvalue weighted by Gasteiger charge is 2.52. The number of nitrogens with zero attached hydrogens (tertiary/aromatic N) is 4. The number of aryl methyl sites for hydroxylation is 1. The number of rotatable bonds is 4. The Morgan fingerprint density at radius 1 is 1.03 bits per heavy atom. The maximum atomic E-state index is 13.9. The molecule has 0 bridgehead atoms. The topological polar surface area (TPSA) is 58.4 Å². The van der Waals surface area contributed by atoms with Crippen molar-refractivity contribution >= 4 is 11.8 Å². The first-order valence-electron chi connectivity index (χ1n) is 12.2. The van der Waals surface area contributed by atoms with Gasteiger partial charge >= 0.3 is 6.18 Å². The SMILES string of the molecule is Cc1nn(-c2ccccc2)c2c1C(C1CC1)N(C1CCN(C(=O)c3cccc(C(F)(F)F)c3)C1)C2=O. The van der Waals surface area contributed by atoms with Gasteiger partial charge in [0.2, 0.25) is 0 Å². The van der Waals surface area contributed by atoms with Crippen molar-refractivity contribution in [3.05, 3.63) is 82.7 Å². The van der Waals surface area contributed by atoms with Crippen molar-refractivity contribution in [2.45, 2.75) is 44.4 Å². The highest BCUT2D eigenvalue weighted by Crippen LogP contribution is 2.52. The van der Waals surface area contributed by atoms with E-state index in [0.717, 1.165) is 41.9 Å². The summed E-state index contributed by atoms with van der Waals surface area (Å²) < 4.78 is 41.2. The fraction of sp³-hybridized carbons (Fsp3) is 0.370.